The summed E-state index contributed by atoms with van der Waals surface area (Å²) >= 11 is 1.88. The monoisotopic (exact) mass is 914 g/mol. The van der Waals surface area contributed by atoms with Crippen molar-refractivity contribution in [3.63, 3.8) is 0 Å². The molecular weight excluding hydrogens is 853 g/mol. The topological polar surface area (TPSA) is 9.86 Å². The van der Waals surface area contributed by atoms with Crippen molar-refractivity contribution in [3.8, 4) is 33.6 Å². The third-order valence-electron chi connectivity index (χ3n) is 13.8. The van der Waals surface area contributed by atoms with Crippen LogP contribution in [0.2, 0.25) is 0 Å². The lowest BCUT2D eigenvalue weighted by Gasteiger charge is -2.36. The quantitative estimate of drug-likeness (QED) is 0.128. The predicted molar refractivity (Wildman–Crippen MR) is 304 cm³/mol. The number of rotatable bonds is 9. The van der Waals surface area contributed by atoms with Crippen LogP contribution in [0.3, 0.4) is 0 Å². The summed E-state index contributed by atoms with van der Waals surface area (Å²) in [6, 6.07) is 65.8. The summed E-state index contributed by atoms with van der Waals surface area (Å²) in [5.41, 5.74) is 14.2. The normalized spacial score (nSPS) is 12.9. The lowest BCUT2D eigenvalue weighted by atomic mass is 9.70. The summed E-state index contributed by atoms with van der Waals surface area (Å²) in [6.45, 7) is 19.8. The fourth-order valence-electron chi connectivity index (χ4n) is 10.4. The van der Waals surface area contributed by atoms with Gasteiger partial charge in [-0.2, -0.15) is 0 Å². The van der Waals surface area contributed by atoms with Crippen LogP contribution in [0, 0.1) is 16.7 Å². The Balaban J connectivity index is 0.000000736. The second-order valence-corrected chi connectivity index (χ2v) is 22.0. The van der Waals surface area contributed by atoms with Crippen LogP contribution in [0.4, 0.5) is 0 Å². The van der Waals surface area contributed by atoms with Crippen molar-refractivity contribution < 1.29 is 0 Å². The molecule has 3 aromatic heterocycles. The first-order chi connectivity index (χ1) is 33.4. The molecule has 0 amide bonds. The molecule has 0 aliphatic heterocycles. The second kappa shape index (κ2) is 18.7. The molecule has 2 nitrogen and oxygen atoms in total. The Morgan fingerprint density at radius 3 is 1.48 bits per heavy atom. The Kier molecular flexibility index (Phi) is 12.4. The maximum Gasteiger partial charge on any atom is 0.0541 e. The average Bonchev–Trinajstić information content (AvgIpc) is 4.00. The third kappa shape index (κ3) is 9.12. The zero-order chi connectivity index (χ0) is 47.9. The number of fused-ring (bicyclic) bond motifs is 9. The molecular formula is C66H62N2S. The molecule has 0 spiro atoms. The molecule has 0 N–H and O–H groups in total. The Hall–Kier alpha value is -7.20. The van der Waals surface area contributed by atoms with E-state index < -0.39 is 0 Å². The highest BCUT2D eigenvalue weighted by atomic mass is 32.1. The largest absolute Gasteiger partial charge is 0.309 e. The molecule has 0 radical (unpaired) electrons. The summed E-state index contributed by atoms with van der Waals surface area (Å²) < 4.78 is 7.50. The molecule has 11 aromatic rings. The van der Waals surface area contributed by atoms with E-state index in [1.165, 1.54) is 109 Å². The lowest BCUT2D eigenvalue weighted by molar-refractivity contribution is 0.164. The first-order valence-electron chi connectivity index (χ1n) is 24.5. The van der Waals surface area contributed by atoms with Crippen molar-refractivity contribution in [1.82, 2.24) is 9.13 Å². The smallest absolute Gasteiger partial charge is 0.0541 e. The van der Waals surface area contributed by atoms with Gasteiger partial charge in [-0.15, -0.1) is 11.3 Å². The van der Waals surface area contributed by atoms with Gasteiger partial charge in [0.15, 0.2) is 0 Å². The SMILES string of the molecule is C=C/C=C\C=C/C.CC(C)(C)CC(Cc1cccc(-n2c3ccccc3c3cc(-c4ccc5sc6ccc(-c7cccc(-n8c9ccccc9c9ccccc98)c7)cc6c5c4)ccc32)c1)C(C)(C)C. The van der Waals surface area contributed by atoms with Crippen LogP contribution < -0.4 is 0 Å². The molecule has 0 saturated heterocycles. The fraction of sp³-hybridized carbons (Fsp3) is 0.182. The number of hydrogen-bond acceptors (Lipinski definition) is 1. The van der Waals surface area contributed by atoms with Gasteiger partial charge in [-0.3, -0.25) is 0 Å². The van der Waals surface area contributed by atoms with E-state index >= 15 is 0 Å². The molecule has 3 heterocycles. The van der Waals surface area contributed by atoms with Gasteiger partial charge in [-0.1, -0.05) is 176 Å². The van der Waals surface area contributed by atoms with E-state index in [-0.39, 0.29) is 10.8 Å². The molecule has 0 aliphatic rings. The molecule has 0 saturated carbocycles. The van der Waals surface area contributed by atoms with Gasteiger partial charge in [-0.25, -0.2) is 0 Å². The maximum absolute atomic E-state index is 3.51. The van der Waals surface area contributed by atoms with E-state index in [0.717, 1.165) is 6.42 Å². The predicted octanol–water partition coefficient (Wildman–Crippen LogP) is 19.5. The highest BCUT2D eigenvalue weighted by Crippen LogP contribution is 2.42. The minimum Gasteiger partial charge on any atom is -0.309 e. The summed E-state index contributed by atoms with van der Waals surface area (Å²) in [7, 11) is 0. The minimum atomic E-state index is 0.230. The molecule has 1 unspecified atom stereocenters. The highest BCUT2D eigenvalue weighted by molar-refractivity contribution is 7.25. The molecule has 3 heteroatoms. The Labute approximate surface area is 412 Å². The number of allylic oxidation sites excluding steroid dienone is 5. The van der Waals surface area contributed by atoms with Crippen molar-refractivity contribution in [1.29, 1.82) is 0 Å². The van der Waals surface area contributed by atoms with Gasteiger partial charge in [0.2, 0.25) is 0 Å². The molecule has 0 fully saturated rings. The zero-order valence-corrected chi connectivity index (χ0v) is 41.9. The van der Waals surface area contributed by atoms with Crippen LogP contribution in [0.5, 0.6) is 0 Å². The molecule has 1 atom stereocenters. The first-order valence-corrected chi connectivity index (χ1v) is 25.3. The van der Waals surface area contributed by atoms with E-state index in [1.54, 1.807) is 6.08 Å². The molecule has 342 valence electrons. The van der Waals surface area contributed by atoms with E-state index in [1.807, 2.05) is 42.6 Å². The number of para-hydroxylation sites is 3. The highest BCUT2D eigenvalue weighted by Gasteiger charge is 2.29. The summed E-state index contributed by atoms with van der Waals surface area (Å²) in [6.07, 6.45) is 11.8. The van der Waals surface area contributed by atoms with Crippen LogP contribution in [-0.2, 0) is 6.42 Å². The van der Waals surface area contributed by atoms with Gasteiger partial charge < -0.3 is 9.13 Å². The van der Waals surface area contributed by atoms with Crippen molar-refractivity contribution in [3.05, 3.63) is 218 Å². The van der Waals surface area contributed by atoms with Crippen molar-refractivity contribution in [2.75, 3.05) is 0 Å². The van der Waals surface area contributed by atoms with Crippen LogP contribution in [0.25, 0.3) is 97.4 Å². The fourth-order valence-corrected chi connectivity index (χ4v) is 11.4. The van der Waals surface area contributed by atoms with Crippen LogP contribution in [0.1, 0.15) is 60.5 Å². The van der Waals surface area contributed by atoms with E-state index in [2.05, 4.69) is 233 Å². The Morgan fingerprint density at radius 1 is 0.464 bits per heavy atom. The van der Waals surface area contributed by atoms with E-state index in [0.29, 0.717) is 5.92 Å². The average molecular weight is 915 g/mol. The third-order valence-corrected chi connectivity index (χ3v) is 14.9. The summed E-state index contributed by atoms with van der Waals surface area (Å²) in [5, 5.41) is 7.74. The van der Waals surface area contributed by atoms with Crippen molar-refractivity contribution in [2.45, 2.75) is 61.3 Å². The molecule has 8 aromatic carbocycles. The maximum atomic E-state index is 3.51. The number of nitrogens with zero attached hydrogens (tertiary/aromatic N) is 2. The van der Waals surface area contributed by atoms with E-state index in [4.69, 9.17) is 0 Å². The van der Waals surface area contributed by atoms with Crippen LogP contribution in [-0.4, -0.2) is 9.13 Å². The van der Waals surface area contributed by atoms with Gasteiger partial charge in [0.1, 0.15) is 0 Å². The molecule has 0 bridgehead atoms. The van der Waals surface area contributed by atoms with E-state index in [9.17, 15) is 0 Å². The number of hydrogen-bond donors (Lipinski definition) is 0. The number of benzene rings is 8. The molecule has 0 aliphatic carbocycles. The van der Waals surface area contributed by atoms with Crippen molar-refractivity contribution in [2.24, 2.45) is 16.7 Å². The lowest BCUT2D eigenvalue weighted by Crippen LogP contribution is -2.27. The number of aromatic nitrogens is 2. The van der Waals surface area contributed by atoms with Crippen LogP contribution >= 0.6 is 11.3 Å². The second-order valence-electron chi connectivity index (χ2n) is 20.9. The number of thiophene rings is 1. The van der Waals surface area contributed by atoms with Gasteiger partial charge >= 0.3 is 0 Å². The van der Waals surface area contributed by atoms with Gasteiger partial charge in [0.25, 0.3) is 0 Å². The Bertz CT molecular complexity index is 3680. The first kappa shape index (κ1) is 45.6. The summed E-state index contributed by atoms with van der Waals surface area (Å²) in [5.74, 6) is 0.589. The van der Waals surface area contributed by atoms with Gasteiger partial charge in [0, 0.05) is 53.1 Å². The zero-order valence-electron chi connectivity index (χ0n) is 41.1. The minimum absolute atomic E-state index is 0.230. The van der Waals surface area contributed by atoms with Crippen molar-refractivity contribution >= 4 is 75.1 Å². The van der Waals surface area contributed by atoms with Crippen LogP contribution in [0.15, 0.2) is 213 Å². The van der Waals surface area contributed by atoms with Gasteiger partial charge in [0.05, 0.1) is 22.1 Å². The standard InChI is InChI=1S/C59H52N2S.C7H10/c1-58(2,3)37-43(59(4,5)6)31-38-15-13-17-44(32-38)60-54-24-12-9-21-48(54)49-34-40(25-28-55(49)60)42-27-30-57-51(36-42)50-35-41(26-29-56(50)62-57)39-16-14-18-45(33-39)61-52-22-10-7-19-46(52)47-20-8-11-23-53(47)61;1-3-5-7-6-4-2/h7-30,32-36,43H,31,37H2,1-6H3;3-7H,1H2,2H3/b;6-4-,7-5-. The van der Waals surface area contributed by atoms with Gasteiger partial charge in [-0.05, 0) is 143 Å². The molecule has 69 heavy (non-hydrogen) atoms. The Morgan fingerprint density at radius 2 is 0.942 bits per heavy atom. The molecule has 11 rings (SSSR count). The summed E-state index contributed by atoms with van der Waals surface area (Å²) in [4.78, 5) is 0.